The van der Waals surface area contributed by atoms with Gasteiger partial charge in [0, 0.05) is 12.1 Å². The van der Waals surface area contributed by atoms with Crippen LogP contribution in [0.25, 0.3) is 17.4 Å². The Morgan fingerprint density at radius 3 is 2.37 bits per heavy atom. The van der Waals surface area contributed by atoms with E-state index in [1.54, 1.807) is 50.3 Å². The van der Waals surface area contributed by atoms with Gasteiger partial charge in [-0.25, -0.2) is 4.79 Å². The summed E-state index contributed by atoms with van der Waals surface area (Å²) in [5, 5.41) is 14.6. The Labute approximate surface area is 199 Å². The Morgan fingerprint density at radius 2 is 1.69 bits per heavy atom. The van der Waals surface area contributed by atoms with E-state index < -0.39 is 5.97 Å². The predicted molar refractivity (Wildman–Crippen MR) is 127 cm³/mol. The van der Waals surface area contributed by atoms with Gasteiger partial charge >= 0.3 is 5.97 Å². The third kappa shape index (κ3) is 3.63. The van der Waals surface area contributed by atoms with Crippen molar-refractivity contribution in [1.29, 1.82) is 0 Å². The van der Waals surface area contributed by atoms with Gasteiger partial charge < -0.3 is 9.52 Å². The molecule has 174 valence electrons. The summed E-state index contributed by atoms with van der Waals surface area (Å²) in [4.78, 5) is 50.1. The standard InChI is InChI=1S/C26H19N3O6/c1-3-28-23(30)19-10-6-16(12-21(19)24(28)31)22-11-9-18(35-22)13-20-14(2)27-29(25(20)32)17-7-4-15(5-8-17)26(33)34/h4-13H,3H2,1-2H3,(H,33,34)/b20-13-. The number of hydrogen-bond donors (Lipinski definition) is 1. The number of furan rings is 1. The van der Waals surface area contributed by atoms with Crippen LogP contribution < -0.4 is 5.01 Å². The van der Waals surface area contributed by atoms with E-state index in [2.05, 4.69) is 5.10 Å². The molecule has 5 rings (SSSR count). The number of rotatable bonds is 5. The molecule has 2 aromatic carbocycles. The van der Waals surface area contributed by atoms with Crippen LogP contribution in [0.15, 0.2) is 69.7 Å². The summed E-state index contributed by atoms with van der Waals surface area (Å²) in [6.45, 7) is 3.74. The lowest BCUT2D eigenvalue weighted by Crippen LogP contribution is -2.29. The highest BCUT2D eigenvalue weighted by Crippen LogP contribution is 2.31. The minimum absolute atomic E-state index is 0.111. The first-order valence-electron chi connectivity index (χ1n) is 10.8. The van der Waals surface area contributed by atoms with Crippen molar-refractivity contribution in [2.45, 2.75) is 13.8 Å². The van der Waals surface area contributed by atoms with Crippen molar-refractivity contribution in [3.8, 4) is 11.3 Å². The number of fused-ring (bicyclic) bond motifs is 1. The fraction of sp³-hybridized carbons (Fsp3) is 0.115. The molecule has 35 heavy (non-hydrogen) atoms. The van der Waals surface area contributed by atoms with E-state index in [4.69, 9.17) is 9.52 Å². The molecule has 0 atom stereocenters. The Morgan fingerprint density at radius 1 is 0.971 bits per heavy atom. The van der Waals surface area contributed by atoms with Gasteiger partial charge in [0.25, 0.3) is 17.7 Å². The average molecular weight is 469 g/mol. The maximum Gasteiger partial charge on any atom is 0.335 e. The van der Waals surface area contributed by atoms with Gasteiger partial charge in [-0.05, 0) is 68.5 Å². The second-order valence-corrected chi connectivity index (χ2v) is 8.03. The molecule has 1 N–H and O–H groups in total. The highest BCUT2D eigenvalue weighted by atomic mass is 16.4. The minimum atomic E-state index is -1.06. The van der Waals surface area contributed by atoms with Crippen LogP contribution in [0.5, 0.6) is 0 Å². The molecular weight excluding hydrogens is 450 g/mol. The SMILES string of the molecule is CCN1C(=O)c2ccc(-c3ccc(/C=C4\C(=O)N(c5ccc(C(=O)O)cc5)N=C4C)o3)cc2C1=O. The summed E-state index contributed by atoms with van der Waals surface area (Å²) in [6, 6.07) is 14.2. The molecule has 0 spiro atoms. The zero-order valence-electron chi connectivity index (χ0n) is 18.8. The number of carboxylic acids is 1. The molecule has 0 bridgehead atoms. The number of carbonyl (C=O) groups is 4. The summed E-state index contributed by atoms with van der Waals surface area (Å²) in [5.41, 5.74) is 2.72. The lowest BCUT2D eigenvalue weighted by molar-refractivity contribution is -0.114. The van der Waals surface area contributed by atoms with E-state index >= 15 is 0 Å². The van der Waals surface area contributed by atoms with Crippen molar-refractivity contribution in [2.24, 2.45) is 5.10 Å². The first-order chi connectivity index (χ1) is 16.8. The molecule has 3 amide bonds. The number of carbonyl (C=O) groups excluding carboxylic acids is 3. The number of hydrazone groups is 1. The molecule has 0 fully saturated rings. The van der Waals surface area contributed by atoms with Crippen molar-refractivity contribution in [3.63, 3.8) is 0 Å². The molecule has 1 aromatic heterocycles. The van der Waals surface area contributed by atoms with Gasteiger partial charge in [0.2, 0.25) is 0 Å². The zero-order valence-corrected chi connectivity index (χ0v) is 18.8. The maximum absolute atomic E-state index is 13.0. The van der Waals surface area contributed by atoms with Crippen LogP contribution in [-0.2, 0) is 4.79 Å². The van der Waals surface area contributed by atoms with E-state index in [0.717, 1.165) is 0 Å². The van der Waals surface area contributed by atoms with Gasteiger partial charge in [0.05, 0.1) is 33.7 Å². The van der Waals surface area contributed by atoms with Crippen molar-refractivity contribution < 1.29 is 28.7 Å². The van der Waals surface area contributed by atoms with Crippen LogP contribution in [0, 0.1) is 0 Å². The minimum Gasteiger partial charge on any atom is -0.478 e. The van der Waals surface area contributed by atoms with Crippen LogP contribution in [0.2, 0.25) is 0 Å². The lowest BCUT2D eigenvalue weighted by Gasteiger charge is -2.11. The zero-order chi connectivity index (χ0) is 24.9. The quantitative estimate of drug-likeness (QED) is 0.444. The van der Waals surface area contributed by atoms with E-state index in [0.29, 0.717) is 51.7 Å². The largest absolute Gasteiger partial charge is 0.478 e. The number of imide groups is 1. The van der Waals surface area contributed by atoms with E-state index in [1.165, 1.54) is 34.2 Å². The number of anilines is 1. The molecule has 0 unspecified atom stereocenters. The molecule has 0 saturated heterocycles. The van der Waals surface area contributed by atoms with Gasteiger partial charge in [-0.15, -0.1) is 0 Å². The molecule has 0 saturated carbocycles. The van der Waals surface area contributed by atoms with Gasteiger partial charge in [-0.1, -0.05) is 6.07 Å². The van der Waals surface area contributed by atoms with Crippen LogP contribution in [0.3, 0.4) is 0 Å². The number of nitrogens with zero attached hydrogens (tertiary/aromatic N) is 3. The third-order valence-electron chi connectivity index (χ3n) is 5.91. The summed E-state index contributed by atoms with van der Waals surface area (Å²) >= 11 is 0. The summed E-state index contributed by atoms with van der Waals surface area (Å²) in [7, 11) is 0. The number of aromatic carboxylic acids is 1. The third-order valence-corrected chi connectivity index (χ3v) is 5.91. The van der Waals surface area contributed by atoms with Crippen LogP contribution in [-0.4, -0.2) is 46.0 Å². The number of carboxylic acid groups (broad SMARTS) is 1. The van der Waals surface area contributed by atoms with Gasteiger partial charge in [-0.3, -0.25) is 19.3 Å². The van der Waals surface area contributed by atoms with Crippen LogP contribution in [0.1, 0.15) is 50.7 Å². The second kappa shape index (κ2) is 8.21. The van der Waals surface area contributed by atoms with Gasteiger partial charge in [0.1, 0.15) is 11.5 Å². The average Bonchev–Trinajstić information content (AvgIpc) is 3.50. The molecule has 9 heteroatoms. The second-order valence-electron chi connectivity index (χ2n) is 8.03. The topological polar surface area (TPSA) is 120 Å². The van der Waals surface area contributed by atoms with Crippen LogP contribution in [0.4, 0.5) is 5.69 Å². The fourth-order valence-corrected chi connectivity index (χ4v) is 4.06. The van der Waals surface area contributed by atoms with E-state index in [-0.39, 0.29) is 23.3 Å². The highest BCUT2D eigenvalue weighted by Gasteiger charge is 2.34. The van der Waals surface area contributed by atoms with Crippen molar-refractivity contribution in [3.05, 3.63) is 82.6 Å². The smallest absolute Gasteiger partial charge is 0.335 e. The Balaban J connectivity index is 1.40. The van der Waals surface area contributed by atoms with Crippen molar-refractivity contribution >= 4 is 41.2 Å². The summed E-state index contributed by atoms with van der Waals surface area (Å²) < 4.78 is 5.91. The summed E-state index contributed by atoms with van der Waals surface area (Å²) in [6.07, 6.45) is 1.58. The molecule has 3 heterocycles. The predicted octanol–water partition coefficient (Wildman–Crippen LogP) is 4.07. The van der Waals surface area contributed by atoms with Gasteiger partial charge in [-0.2, -0.15) is 10.1 Å². The Hall–Kier alpha value is -4.79. The fourth-order valence-electron chi connectivity index (χ4n) is 4.06. The molecule has 2 aliphatic rings. The van der Waals surface area contributed by atoms with Gasteiger partial charge in [0.15, 0.2) is 0 Å². The molecule has 0 aliphatic carbocycles. The maximum atomic E-state index is 13.0. The van der Waals surface area contributed by atoms with Crippen molar-refractivity contribution in [2.75, 3.05) is 11.6 Å². The Bertz CT molecular complexity index is 1480. The first kappa shape index (κ1) is 22.0. The van der Waals surface area contributed by atoms with Crippen molar-refractivity contribution in [1.82, 2.24) is 4.90 Å². The molecule has 0 radical (unpaired) electrons. The monoisotopic (exact) mass is 469 g/mol. The number of amides is 3. The Kier molecular flexibility index (Phi) is 5.17. The number of hydrogen-bond acceptors (Lipinski definition) is 6. The molecule has 2 aliphatic heterocycles. The van der Waals surface area contributed by atoms with Crippen LogP contribution >= 0.6 is 0 Å². The lowest BCUT2D eigenvalue weighted by atomic mass is 10.0. The normalized spacial score (nSPS) is 16.3. The van der Waals surface area contributed by atoms with E-state index in [1.807, 2.05) is 0 Å². The van der Waals surface area contributed by atoms with E-state index in [9.17, 15) is 19.2 Å². The molecule has 9 nitrogen and oxygen atoms in total. The number of benzene rings is 2. The first-order valence-corrected chi connectivity index (χ1v) is 10.8. The highest BCUT2D eigenvalue weighted by molar-refractivity contribution is 6.32. The molecule has 3 aromatic rings. The summed E-state index contributed by atoms with van der Waals surface area (Å²) in [5.74, 6) is -1.16. The molecular formula is C26H19N3O6.